The lowest BCUT2D eigenvalue weighted by Gasteiger charge is -1.91. The lowest BCUT2D eigenvalue weighted by atomic mass is 10.3. The number of aryl methyl sites for hydroxylation is 1. The van der Waals surface area contributed by atoms with Crippen molar-refractivity contribution >= 4 is 6.21 Å². The van der Waals surface area contributed by atoms with Crippen LogP contribution in [-0.2, 0) is 7.05 Å². The fraction of sp³-hybridized carbons (Fsp3) is 0.182. The van der Waals surface area contributed by atoms with Crippen LogP contribution in [0.15, 0.2) is 40.6 Å². The summed E-state index contributed by atoms with van der Waals surface area (Å²) in [6.45, 7) is 1.86. The standard InChI is InChI=1S/C11H12N4O/c1-9-8-15(11(16)14(9)2)13-7-10-4-3-5-12-6-10/h3-8H,1-2H3. The van der Waals surface area contributed by atoms with Gasteiger partial charge >= 0.3 is 5.69 Å². The van der Waals surface area contributed by atoms with Crippen LogP contribution in [0.1, 0.15) is 11.3 Å². The molecule has 0 unspecified atom stereocenters. The highest BCUT2D eigenvalue weighted by Crippen LogP contribution is 1.94. The Bertz CT molecular complexity index is 565. The number of imidazole rings is 1. The summed E-state index contributed by atoms with van der Waals surface area (Å²) in [6, 6.07) is 3.69. The average molecular weight is 216 g/mol. The summed E-state index contributed by atoms with van der Waals surface area (Å²) in [5, 5.41) is 4.08. The number of aromatic nitrogens is 3. The van der Waals surface area contributed by atoms with Crippen LogP contribution in [-0.4, -0.2) is 20.4 Å². The van der Waals surface area contributed by atoms with E-state index in [1.165, 1.54) is 4.68 Å². The molecule has 2 aromatic rings. The fourth-order valence-electron chi connectivity index (χ4n) is 1.29. The predicted octanol–water partition coefficient (Wildman–Crippen LogP) is 0.772. The van der Waals surface area contributed by atoms with E-state index >= 15 is 0 Å². The molecular formula is C11H12N4O. The number of rotatable bonds is 2. The molecule has 0 spiro atoms. The zero-order valence-corrected chi connectivity index (χ0v) is 9.16. The van der Waals surface area contributed by atoms with Crippen LogP contribution >= 0.6 is 0 Å². The third kappa shape index (κ3) is 1.93. The Labute approximate surface area is 92.7 Å². The molecular weight excluding hydrogens is 204 g/mol. The van der Waals surface area contributed by atoms with Crippen molar-refractivity contribution in [2.24, 2.45) is 12.1 Å². The Kier molecular flexibility index (Phi) is 2.68. The molecule has 0 aliphatic carbocycles. The Hall–Kier alpha value is -2.17. The van der Waals surface area contributed by atoms with Crippen molar-refractivity contribution in [3.05, 3.63) is 52.5 Å². The normalized spacial score (nSPS) is 11.1. The third-order valence-electron chi connectivity index (χ3n) is 2.34. The predicted molar refractivity (Wildman–Crippen MR) is 61.6 cm³/mol. The molecule has 16 heavy (non-hydrogen) atoms. The van der Waals surface area contributed by atoms with Crippen molar-refractivity contribution < 1.29 is 0 Å². The smallest absolute Gasteiger partial charge is 0.298 e. The maximum absolute atomic E-state index is 11.6. The van der Waals surface area contributed by atoms with Crippen LogP contribution in [0.5, 0.6) is 0 Å². The first-order chi connectivity index (χ1) is 7.68. The van der Waals surface area contributed by atoms with Gasteiger partial charge in [-0.05, 0) is 13.0 Å². The van der Waals surface area contributed by atoms with Gasteiger partial charge in [-0.15, -0.1) is 0 Å². The summed E-state index contributed by atoms with van der Waals surface area (Å²) in [4.78, 5) is 15.6. The lowest BCUT2D eigenvalue weighted by molar-refractivity contribution is 0.754. The Morgan fingerprint density at radius 3 is 2.88 bits per heavy atom. The molecule has 5 nitrogen and oxygen atoms in total. The van der Waals surface area contributed by atoms with Gasteiger partial charge < -0.3 is 0 Å². The number of hydrogen-bond donors (Lipinski definition) is 0. The van der Waals surface area contributed by atoms with Crippen LogP contribution < -0.4 is 5.69 Å². The van der Waals surface area contributed by atoms with Crippen LogP contribution in [0.4, 0.5) is 0 Å². The molecule has 0 atom stereocenters. The van der Waals surface area contributed by atoms with Gasteiger partial charge in [0.25, 0.3) is 0 Å². The molecule has 2 heterocycles. The van der Waals surface area contributed by atoms with Crippen molar-refractivity contribution in [2.75, 3.05) is 0 Å². The fourth-order valence-corrected chi connectivity index (χ4v) is 1.29. The van der Waals surface area contributed by atoms with E-state index in [0.29, 0.717) is 0 Å². The minimum Gasteiger partial charge on any atom is -0.298 e. The second-order valence-electron chi connectivity index (χ2n) is 3.49. The van der Waals surface area contributed by atoms with Crippen molar-refractivity contribution in [3.8, 4) is 0 Å². The third-order valence-corrected chi connectivity index (χ3v) is 2.34. The largest absolute Gasteiger partial charge is 0.348 e. The van der Waals surface area contributed by atoms with E-state index in [2.05, 4.69) is 10.1 Å². The average Bonchev–Trinajstić information content (AvgIpc) is 2.56. The van der Waals surface area contributed by atoms with Crippen LogP contribution in [0, 0.1) is 6.92 Å². The van der Waals surface area contributed by atoms with Gasteiger partial charge in [0.05, 0.1) is 12.4 Å². The van der Waals surface area contributed by atoms with E-state index in [-0.39, 0.29) is 5.69 Å². The topological polar surface area (TPSA) is 52.2 Å². The van der Waals surface area contributed by atoms with Gasteiger partial charge in [0.2, 0.25) is 0 Å². The summed E-state index contributed by atoms with van der Waals surface area (Å²) < 4.78 is 2.85. The van der Waals surface area contributed by atoms with Crippen LogP contribution in [0.3, 0.4) is 0 Å². The first kappa shape index (κ1) is 10.4. The van der Waals surface area contributed by atoms with Gasteiger partial charge in [0.1, 0.15) is 0 Å². The monoisotopic (exact) mass is 216 g/mol. The molecule has 0 radical (unpaired) electrons. The Morgan fingerprint density at radius 1 is 1.50 bits per heavy atom. The number of hydrogen-bond acceptors (Lipinski definition) is 3. The van der Waals surface area contributed by atoms with E-state index in [1.807, 2.05) is 19.1 Å². The van der Waals surface area contributed by atoms with Crippen LogP contribution in [0.25, 0.3) is 0 Å². The van der Waals surface area contributed by atoms with E-state index < -0.39 is 0 Å². The summed E-state index contributed by atoms with van der Waals surface area (Å²) in [5.41, 5.74) is 1.57. The molecule has 82 valence electrons. The van der Waals surface area contributed by atoms with Crippen molar-refractivity contribution in [1.82, 2.24) is 14.2 Å². The molecule has 0 amide bonds. The second-order valence-corrected chi connectivity index (χ2v) is 3.49. The molecule has 0 saturated heterocycles. The molecule has 0 N–H and O–H groups in total. The van der Waals surface area contributed by atoms with Gasteiger partial charge in [-0.2, -0.15) is 9.78 Å². The molecule has 5 heteroatoms. The zero-order valence-electron chi connectivity index (χ0n) is 9.16. The van der Waals surface area contributed by atoms with E-state index in [1.54, 1.807) is 36.4 Å². The SMILES string of the molecule is Cc1cn(N=Cc2cccnc2)c(=O)n1C. The molecule has 0 aliphatic rings. The molecule has 2 rings (SSSR count). The van der Waals surface area contributed by atoms with Gasteiger partial charge in [0.15, 0.2) is 0 Å². The lowest BCUT2D eigenvalue weighted by Crippen LogP contribution is -2.19. The maximum Gasteiger partial charge on any atom is 0.348 e. The van der Waals surface area contributed by atoms with Crippen molar-refractivity contribution in [2.45, 2.75) is 6.92 Å². The summed E-state index contributed by atoms with van der Waals surface area (Å²) in [5.74, 6) is 0. The summed E-state index contributed by atoms with van der Waals surface area (Å²) >= 11 is 0. The van der Waals surface area contributed by atoms with Gasteiger partial charge in [-0.1, -0.05) is 6.07 Å². The molecule has 0 aliphatic heterocycles. The van der Waals surface area contributed by atoms with E-state index in [0.717, 1.165) is 11.3 Å². The molecule has 0 fully saturated rings. The number of nitrogens with zero attached hydrogens (tertiary/aromatic N) is 4. The second kappa shape index (κ2) is 4.14. The van der Waals surface area contributed by atoms with Crippen molar-refractivity contribution in [1.29, 1.82) is 0 Å². The van der Waals surface area contributed by atoms with E-state index in [4.69, 9.17) is 0 Å². The highest BCUT2D eigenvalue weighted by atomic mass is 16.2. The maximum atomic E-state index is 11.6. The van der Waals surface area contributed by atoms with Gasteiger partial charge in [-0.3, -0.25) is 9.55 Å². The molecule has 0 saturated carbocycles. The summed E-state index contributed by atoms with van der Waals surface area (Å²) in [6.07, 6.45) is 6.67. The minimum absolute atomic E-state index is 0.155. The Balaban J connectivity index is 2.31. The first-order valence-electron chi connectivity index (χ1n) is 4.88. The number of pyridine rings is 1. The summed E-state index contributed by atoms with van der Waals surface area (Å²) in [7, 11) is 1.72. The van der Waals surface area contributed by atoms with Gasteiger partial charge in [0, 0.05) is 30.7 Å². The van der Waals surface area contributed by atoms with Crippen LogP contribution in [0.2, 0.25) is 0 Å². The molecule has 2 aromatic heterocycles. The molecule has 0 bridgehead atoms. The first-order valence-corrected chi connectivity index (χ1v) is 4.88. The van der Waals surface area contributed by atoms with Gasteiger partial charge in [-0.25, -0.2) is 4.79 Å². The Morgan fingerprint density at radius 2 is 2.31 bits per heavy atom. The quantitative estimate of drug-likeness (QED) is 0.696. The van der Waals surface area contributed by atoms with Crippen molar-refractivity contribution in [3.63, 3.8) is 0 Å². The highest BCUT2D eigenvalue weighted by molar-refractivity contribution is 5.78. The zero-order chi connectivity index (χ0) is 11.5. The minimum atomic E-state index is -0.155. The molecule has 0 aromatic carbocycles. The van der Waals surface area contributed by atoms with E-state index in [9.17, 15) is 4.79 Å². The highest BCUT2D eigenvalue weighted by Gasteiger charge is 2.01.